The molecule has 0 saturated carbocycles. The molecule has 0 aromatic heterocycles. The van der Waals surface area contributed by atoms with E-state index in [2.05, 4.69) is 24.2 Å². The first kappa shape index (κ1) is 16.3. The van der Waals surface area contributed by atoms with Crippen LogP contribution in [0.1, 0.15) is 20.3 Å². The summed E-state index contributed by atoms with van der Waals surface area (Å²) in [5, 5.41) is 5.31. The largest absolute Gasteiger partial charge is 0.495 e. The van der Waals surface area contributed by atoms with Gasteiger partial charge in [-0.1, -0.05) is 37.2 Å². The second-order valence-electron chi connectivity index (χ2n) is 5.33. The summed E-state index contributed by atoms with van der Waals surface area (Å²) in [6.45, 7) is 5.33. The molecule has 6 heteroatoms. The molecule has 1 N–H and O–H groups in total. The fourth-order valence-electron chi connectivity index (χ4n) is 2.21. The van der Waals surface area contributed by atoms with E-state index in [0.29, 0.717) is 27.7 Å². The first-order valence-corrected chi connectivity index (χ1v) is 8.19. The van der Waals surface area contributed by atoms with E-state index >= 15 is 0 Å². The zero-order chi connectivity index (χ0) is 15.4. The SMILES string of the molecule is COc1cc(OC)c(NC2=NCC(CC(C)C)S2)cc1Cl. The van der Waals surface area contributed by atoms with Crippen molar-refractivity contribution < 1.29 is 9.47 Å². The molecule has 0 spiro atoms. The molecule has 1 heterocycles. The van der Waals surface area contributed by atoms with Gasteiger partial charge in [-0.2, -0.15) is 0 Å². The Bertz CT molecular complexity index is 535. The summed E-state index contributed by atoms with van der Waals surface area (Å²) < 4.78 is 10.6. The summed E-state index contributed by atoms with van der Waals surface area (Å²) in [7, 11) is 3.21. The number of ether oxygens (including phenoxy) is 2. The molecular weight excluding hydrogens is 308 g/mol. The predicted molar refractivity (Wildman–Crippen MR) is 91.3 cm³/mol. The van der Waals surface area contributed by atoms with Crippen LogP contribution >= 0.6 is 23.4 Å². The highest BCUT2D eigenvalue weighted by atomic mass is 35.5. The second-order valence-corrected chi connectivity index (χ2v) is 7.02. The van der Waals surface area contributed by atoms with Gasteiger partial charge < -0.3 is 14.8 Å². The summed E-state index contributed by atoms with van der Waals surface area (Å²) in [5.74, 6) is 1.96. The van der Waals surface area contributed by atoms with Gasteiger partial charge in [-0.25, -0.2) is 0 Å². The lowest BCUT2D eigenvalue weighted by Crippen LogP contribution is -2.10. The van der Waals surface area contributed by atoms with Crippen LogP contribution in [0.5, 0.6) is 11.5 Å². The molecular formula is C15H21ClN2O2S. The molecule has 1 aliphatic rings. The zero-order valence-corrected chi connectivity index (χ0v) is 14.3. The van der Waals surface area contributed by atoms with Crippen molar-refractivity contribution in [2.45, 2.75) is 25.5 Å². The summed E-state index contributed by atoms with van der Waals surface area (Å²) in [4.78, 5) is 4.55. The number of methoxy groups -OCH3 is 2. The normalized spacial score (nSPS) is 17.8. The Labute approximate surface area is 135 Å². The molecule has 1 aromatic carbocycles. The van der Waals surface area contributed by atoms with Crippen LogP contribution in [0.25, 0.3) is 0 Å². The van der Waals surface area contributed by atoms with Crippen LogP contribution in [-0.4, -0.2) is 31.2 Å². The van der Waals surface area contributed by atoms with Gasteiger partial charge in [-0.15, -0.1) is 0 Å². The van der Waals surface area contributed by atoms with Gasteiger partial charge in [-0.3, -0.25) is 4.99 Å². The molecule has 0 aliphatic carbocycles. The third-order valence-electron chi connectivity index (χ3n) is 3.17. The Balaban J connectivity index is 2.08. The summed E-state index contributed by atoms with van der Waals surface area (Å²) in [6, 6.07) is 3.58. The maximum absolute atomic E-state index is 6.17. The smallest absolute Gasteiger partial charge is 0.161 e. The van der Waals surface area contributed by atoms with Crippen molar-refractivity contribution in [3.63, 3.8) is 0 Å². The van der Waals surface area contributed by atoms with Crippen LogP contribution in [0.3, 0.4) is 0 Å². The molecule has 4 nitrogen and oxygen atoms in total. The number of aliphatic imine (C=N–C) groups is 1. The van der Waals surface area contributed by atoms with Crippen molar-refractivity contribution in [3.8, 4) is 11.5 Å². The highest BCUT2D eigenvalue weighted by Gasteiger charge is 2.22. The Morgan fingerprint density at radius 1 is 1.33 bits per heavy atom. The minimum absolute atomic E-state index is 0.545. The first-order chi connectivity index (χ1) is 10.0. The van der Waals surface area contributed by atoms with E-state index in [9.17, 15) is 0 Å². The lowest BCUT2D eigenvalue weighted by molar-refractivity contribution is 0.396. The number of anilines is 1. The molecule has 0 bridgehead atoms. The van der Waals surface area contributed by atoms with E-state index in [1.54, 1.807) is 38.1 Å². The van der Waals surface area contributed by atoms with Gasteiger partial charge >= 0.3 is 0 Å². The number of thioether (sulfide) groups is 1. The molecule has 0 saturated heterocycles. The molecule has 1 atom stereocenters. The Hall–Kier alpha value is -1.07. The van der Waals surface area contributed by atoms with E-state index in [4.69, 9.17) is 21.1 Å². The molecule has 2 rings (SSSR count). The van der Waals surface area contributed by atoms with Crippen molar-refractivity contribution in [3.05, 3.63) is 17.2 Å². The predicted octanol–water partition coefficient (Wildman–Crippen LogP) is 4.29. The van der Waals surface area contributed by atoms with Crippen LogP contribution in [0.2, 0.25) is 5.02 Å². The molecule has 1 aliphatic heterocycles. The van der Waals surface area contributed by atoms with Crippen LogP contribution < -0.4 is 14.8 Å². The molecule has 1 unspecified atom stereocenters. The van der Waals surface area contributed by atoms with E-state index in [0.717, 1.165) is 17.4 Å². The van der Waals surface area contributed by atoms with Gasteiger partial charge in [0.05, 0.1) is 31.5 Å². The molecule has 0 fully saturated rings. The number of benzene rings is 1. The van der Waals surface area contributed by atoms with E-state index in [1.165, 1.54) is 6.42 Å². The molecule has 1 aromatic rings. The van der Waals surface area contributed by atoms with Gasteiger partial charge in [0.2, 0.25) is 0 Å². The van der Waals surface area contributed by atoms with Gasteiger partial charge in [0, 0.05) is 11.3 Å². The molecule has 21 heavy (non-hydrogen) atoms. The summed E-state index contributed by atoms with van der Waals surface area (Å²) in [5.41, 5.74) is 0.805. The van der Waals surface area contributed by atoms with Crippen molar-refractivity contribution >= 4 is 34.2 Å². The average Bonchev–Trinajstić information content (AvgIpc) is 2.85. The van der Waals surface area contributed by atoms with E-state index in [1.807, 2.05) is 0 Å². The number of nitrogens with zero attached hydrogens (tertiary/aromatic N) is 1. The van der Waals surface area contributed by atoms with Crippen LogP contribution in [-0.2, 0) is 0 Å². The third-order valence-corrected chi connectivity index (χ3v) is 4.59. The minimum Gasteiger partial charge on any atom is -0.495 e. The van der Waals surface area contributed by atoms with Crippen molar-refractivity contribution in [1.82, 2.24) is 0 Å². The van der Waals surface area contributed by atoms with Crippen LogP contribution in [0, 0.1) is 5.92 Å². The minimum atomic E-state index is 0.545. The number of amidine groups is 1. The number of rotatable bonds is 5. The first-order valence-electron chi connectivity index (χ1n) is 6.93. The van der Waals surface area contributed by atoms with Gasteiger partial charge in [-0.05, 0) is 18.4 Å². The van der Waals surface area contributed by atoms with Gasteiger partial charge in [0.25, 0.3) is 0 Å². The highest BCUT2D eigenvalue weighted by molar-refractivity contribution is 8.15. The average molecular weight is 329 g/mol. The van der Waals surface area contributed by atoms with Gasteiger partial charge in [0.15, 0.2) is 5.17 Å². The quantitative estimate of drug-likeness (QED) is 0.875. The number of halogens is 1. The topological polar surface area (TPSA) is 42.9 Å². The molecule has 116 valence electrons. The summed E-state index contributed by atoms with van der Waals surface area (Å²) in [6.07, 6.45) is 1.17. The fourth-order valence-corrected chi connectivity index (χ4v) is 3.71. The number of hydrogen-bond acceptors (Lipinski definition) is 5. The Morgan fingerprint density at radius 2 is 2.05 bits per heavy atom. The van der Waals surface area contributed by atoms with Crippen LogP contribution in [0.4, 0.5) is 5.69 Å². The third kappa shape index (κ3) is 4.20. The second kappa shape index (κ2) is 7.27. The lowest BCUT2D eigenvalue weighted by Gasteiger charge is -2.14. The van der Waals surface area contributed by atoms with Gasteiger partial charge in [0.1, 0.15) is 11.5 Å². The van der Waals surface area contributed by atoms with Crippen molar-refractivity contribution in [1.29, 1.82) is 0 Å². The van der Waals surface area contributed by atoms with E-state index < -0.39 is 0 Å². The zero-order valence-electron chi connectivity index (χ0n) is 12.8. The maximum Gasteiger partial charge on any atom is 0.161 e. The highest BCUT2D eigenvalue weighted by Crippen LogP contribution is 2.37. The fraction of sp³-hybridized carbons (Fsp3) is 0.533. The van der Waals surface area contributed by atoms with E-state index in [-0.39, 0.29) is 0 Å². The Morgan fingerprint density at radius 3 is 2.67 bits per heavy atom. The van der Waals surface area contributed by atoms with Crippen molar-refractivity contribution in [2.24, 2.45) is 10.9 Å². The number of nitrogens with one attached hydrogen (secondary N) is 1. The Kier molecular flexibility index (Phi) is 5.65. The standard InChI is InChI=1S/C15H21ClN2O2S/c1-9(2)5-10-8-17-15(21-10)18-12-6-11(16)13(19-3)7-14(12)20-4/h6-7,9-10H,5,8H2,1-4H3,(H,17,18). The maximum atomic E-state index is 6.17. The number of hydrogen-bond donors (Lipinski definition) is 1. The lowest BCUT2D eigenvalue weighted by atomic mass is 10.1. The monoisotopic (exact) mass is 328 g/mol. The van der Waals surface area contributed by atoms with Crippen molar-refractivity contribution in [2.75, 3.05) is 26.1 Å². The molecule has 0 amide bonds. The van der Waals surface area contributed by atoms with Crippen LogP contribution in [0.15, 0.2) is 17.1 Å². The summed E-state index contributed by atoms with van der Waals surface area (Å²) >= 11 is 7.95. The molecule has 0 radical (unpaired) electrons.